The van der Waals surface area contributed by atoms with E-state index in [0.717, 1.165) is 4.73 Å². The maximum absolute atomic E-state index is 12.0. The number of amides is 2. The smallest absolute Gasteiger partial charge is 0.316 e. The number of rotatable bonds is 5. The Balaban J connectivity index is 1.97. The fraction of sp³-hybridized carbons (Fsp3) is 0.0714. The molecule has 0 aliphatic rings. The first kappa shape index (κ1) is 14.9. The quantitative estimate of drug-likeness (QED) is 0.380. The lowest BCUT2D eigenvalue weighted by Crippen LogP contribution is -2.28. The first-order chi connectivity index (χ1) is 10.1. The zero-order valence-corrected chi connectivity index (χ0v) is 11.8. The summed E-state index contributed by atoms with van der Waals surface area (Å²) in [4.78, 5) is 22.7. The number of carbonyl (C=O) groups is 2. The molecule has 1 aromatic heterocycles. The molecule has 2 amide bonds. The molecule has 0 bridgehead atoms. The van der Waals surface area contributed by atoms with Crippen molar-refractivity contribution in [3.63, 3.8) is 0 Å². The number of anilines is 1. The van der Waals surface area contributed by atoms with Crippen molar-refractivity contribution in [2.45, 2.75) is 5.03 Å². The normalized spacial score (nSPS) is 10.1. The van der Waals surface area contributed by atoms with Crippen LogP contribution in [-0.2, 0) is 0 Å². The molecule has 1 heterocycles. The Bertz CT molecular complexity index is 659. The van der Waals surface area contributed by atoms with E-state index < -0.39 is 6.03 Å². The van der Waals surface area contributed by atoms with Crippen LogP contribution in [0.4, 0.5) is 10.5 Å². The summed E-state index contributed by atoms with van der Waals surface area (Å²) in [5.74, 6) is 0.0592. The van der Waals surface area contributed by atoms with E-state index in [1.54, 1.807) is 42.5 Å². The van der Waals surface area contributed by atoms with Crippen LogP contribution in [0.15, 0.2) is 53.7 Å². The number of carbonyl (C=O) groups excluding carboxylic acids is 2. The van der Waals surface area contributed by atoms with Crippen molar-refractivity contribution in [3.8, 4) is 0 Å². The van der Waals surface area contributed by atoms with Crippen LogP contribution in [0, 0.1) is 5.21 Å². The minimum Gasteiger partial charge on any atom is -0.618 e. The Morgan fingerprint density at radius 2 is 1.90 bits per heavy atom. The minimum absolute atomic E-state index is 0.102. The second kappa shape index (κ2) is 6.76. The molecule has 0 aliphatic carbocycles. The Kier molecular flexibility index (Phi) is 4.78. The van der Waals surface area contributed by atoms with E-state index in [0.29, 0.717) is 16.3 Å². The molecule has 2 rings (SSSR count). The molecule has 21 heavy (non-hydrogen) atoms. The van der Waals surface area contributed by atoms with Gasteiger partial charge in [0.2, 0.25) is 0 Å². The van der Waals surface area contributed by atoms with Gasteiger partial charge in [0.05, 0.1) is 5.75 Å². The molecule has 0 unspecified atom stereocenters. The number of pyridine rings is 1. The molecule has 108 valence electrons. The molecule has 1 aromatic carbocycles. The summed E-state index contributed by atoms with van der Waals surface area (Å²) >= 11 is 1.18. The van der Waals surface area contributed by atoms with Crippen LogP contribution < -0.4 is 15.8 Å². The lowest BCUT2D eigenvalue weighted by Gasteiger charge is -2.04. The van der Waals surface area contributed by atoms with Crippen molar-refractivity contribution in [2.75, 3.05) is 11.1 Å². The van der Waals surface area contributed by atoms with Gasteiger partial charge in [-0.1, -0.05) is 0 Å². The first-order valence-electron chi connectivity index (χ1n) is 6.07. The van der Waals surface area contributed by atoms with Crippen LogP contribution in [0.5, 0.6) is 0 Å². The number of ketones is 1. The molecule has 0 aliphatic heterocycles. The molecule has 0 radical (unpaired) electrons. The molecule has 3 N–H and O–H groups in total. The van der Waals surface area contributed by atoms with Gasteiger partial charge in [0, 0.05) is 23.4 Å². The predicted molar refractivity (Wildman–Crippen MR) is 80.1 cm³/mol. The molecule has 0 saturated heterocycles. The molecule has 0 saturated carbocycles. The number of hydrogen-bond acceptors (Lipinski definition) is 4. The van der Waals surface area contributed by atoms with Gasteiger partial charge >= 0.3 is 6.03 Å². The number of thioether (sulfide) groups is 1. The van der Waals surface area contributed by atoms with Gasteiger partial charge in [0.15, 0.2) is 12.0 Å². The van der Waals surface area contributed by atoms with E-state index in [2.05, 4.69) is 5.32 Å². The van der Waals surface area contributed by atoms with Gasteiger partial charge in [-0.3, -0.25) is 4.79 Å². The number of Topliss-reactive ketones (excluding diaryl/α,β-unsaturated/α-hetero) is 1. The summed E-state index contributed by atoms with van der Waals surface area (Å²) in [7, 11) is 0. The van der Waals surface area contributed by atoms with E-state index in [1.165, 1.54) is 18.0 Å². The Morgan fingerprint density at radius 3 is 2.52 bits per heavy atom. The summed E-state index contributed by atoms with van der Waals surface area (Å²) in [6.45, 7) is 0. The van der Waals surface area contributed by atoms with Crippen LogP contribution in [0.1, 0.15) is 10.4 Å². The molecular weight excluding hydrogens is 290 g/mol. The average Bonchev–Trinajstić information content (AvgIpc) is 2.46. The average molecular weight is 303 g/mol. The van der Waals surface area contributed by atoms with Gasteiger partial charge in [0.25, 0.3) is 5.03 Å². The van der Waals surface area contributed by atoms with Crippen molar-refractivity contribution in [3.05, 3.63) is 59.4 Å². The first-order valence-corrected chi connectivity index (χ1v) is 7.05. The van der Waals surface area contributed by atoms with Crippen LogP contribution >= 0.6 is 11.8 Å². The number of hydrogen-bond donors (Lipinski definition) is 2. The van der Waals surface area contributed by atoms with Crippen LogP contribution in [-0.4, -0.2) is 17.6 Å². The number of benzene rings is 1. The SMILES string of the molecule is NC(=O)Nc1ccc(C(=O)CSc2cccc[n+]2[O-])cc1. The highest BCUT2D eigenvalue weighted by molar-refractivity contribution is 7.99. The van der Waals surface area contributed by atoms with E-state index >= 15 is 0 Å². The highest BCUT2D eigenvalue weighted by atomic mass is 32.2. The number of nitrogens with one attached hydrogen (secondary N) is 1. The fourth-order valence-corrected chi connectivity index (χ4v) is 2.44. The molecule has 0 fully saturated rings. The molecule has 7 heteroatoms. The van der Waals surface area contributed by atoms with Crippen molar-refractivity contribution in [1.29, 1.82) is 0 Å². The molecule has 6 nitrogen and oxygen atoms in total. The Morgan fingerprint density at radius 1 is 1.19 bits per heavy atom. The lowest BCUT2D eigenvalue weighted by molar-refractivity contribution is -0.645. The largest absolute Gasteiger partial charge is 0.618 e. The monoisotopic (exact) mass is 303 g/mol. The van der Waals surface area contributed by atoms with Gasteiger partial charge in [-0.05, 0) is 42.1 Å². The molecular formula is C14H13N3O3S. The van der Waals surface area contributed by atoms with Crippen molar-refractivity contribution in [1.82, 2.24) is 0 Å². The maximum atomic E-state index is 12.0. The summed E-state index contributed by atoms with van der Waals surface area (Å²) < 4.78 is 0.720. The Hall–Kier alpha value is -2.54. The van der Waals surface area contributed by atoms with Crippen molar-refractivity contribution in [2.24, 2.45) is 5.73 Å². The fourth-order valence-electron chi connectivity index (χ4n) is 1.63. The van der Waals surface area contributed by atoms with E-state index in [-0.39, 0.29) is 11.5 Å². The van der Waals surface area contributed by atoms with Crippen molar-refractivity contribution >= 4 is 29.3 Å². The number of aromatic nitrogens is 1. The third kappa shape index (κ3) is 4.22. The number of urea groups is 1. The van der Waals surface area contributed by atoms with Crippen LogP contribution in [0.25, 0.3) is 0 Å². The van der Waals surface area contributed by atoms with Gasteiger partial charge in [-0.2, -0.15) is 4.73 Å². The zero-order chi connectivity index (χ0) is 15.2. The topological polar surface area (TPSA) is 99.1 Å². The van der Waals surface area contributed by atoms with Gasteiger partial charge in [-0.25, -0.2) is 4.79 Å². The van der Waals surface area contributed by atoms with Crippen molar-refractivity contribution < 1.29 is 14.3 Å². The third-order valence-electron chi connectivity index (χ3n) is 2.61. The minimum atomic E-state index is -0.659. The molecule has 0 atom stereocenters. The molecule has 2 aromatic rings. The van der Waals surface area contributed by atoms with E-state index in [1.807, 2.05) is 0 Å². The Labute approximate surface area is 125 Å². The number of primary amides is 1. The standard InChI is InChI=1S/C14H13N3O3S/c15-14(19)16-11-6-4-10(5-7-11)12(18)9-21-13-3-1-2-8-17(13)20/h1-8H,9H2,(H3,15,16,19). The van der Waals surface area contributed by atoms with Gasteiger partial charge in [-0.15, -0.1) is 0 Å². The van der Waals surface area contributed by atoms with Gasteiger partial charge in [0.1, 0.15) is 0 Å². The third-order valence-corrected chi connectivity index (χ3v) is 3.63. The summed E-state index contributed by atoms with van der Waals surface area (Å²) in [5.41, 5.74) is 6.02. The predicted octanol–water partition coefficient (Wildman–Crippen LogP) is 1.79. The maximum Gasteiger partial charge on any atom is 0.316 e. The summed E-state index contributed by atoms with van der Waals surface area (Å²) in [5, 5.41) is 14.3. The number of nitrogens with zero attached hydrogens (tertiary/aromatic N) is 1. The van der Waals surface area contributed by atoms with Gasteiger partial charge < -0.3 is 16.3 Å². The molecule has 0 spiro atoms. The lowest BCUT2D eigenvalue weighted by atomic mass is 10.1. The second-order valence-corrected chi connectivity index (χ2v) is 5.14. The highest BCUT2D eigenvalue weighted by Crippen LogP contribution is 2.16. The summed E-state index contributed by atoms with van der Waals surface area (Å²) in [6, 6.07) is 10.8. The van der Waals surface area contributed by atoms with E-state index in [9.17, 15) is 14.8 Å². The summed E-state index contributed by atoms with van der Waals surface area (Å²) in [6.07, 6.45) is 1.39. The van der Waals surface area contributed by atoms with Crippen LogP contribution in [0.2, 0.25) is 0 Å². The zero-order valence-electron chi connectivity index (χ0n) is 11.0. The highest BCUT2D eigenvalue weighted by Gasteiger charge is 2.11. The van der Waals surface area contributed by atoms with Crippen LogP contribution in [0.3, 0.4) is 0 Å². The number of nitrogens with two attached hydrogens (primary N) is 1. The van der Waals surface area contributed by atoms with E-state index in [4.69, 9.17) is 5.73 Å². The second-order valence-electron chi connectivity index (χ2n) is 4.14.